The molecule has 0 spiro atoms. The molecule has 0 radical (unpaired) electrons. The molecule has 2 aliphatic rings. The molecule has 3 N–H and O–H groups in total. The van der Waals surface area contributed by atoms with Gasteiger partial charge in [0.15, 0.2) is 0 Å². The van der Waals surface area contributed by atoms with E-state index in [1.54, 1.807) is 0 Å². The Labute approximate surface area is 67.8 Å². The van der Waals surface area contributed by atoms with Crippen LogP contribution in [0.15, 0.2) is 0 Å². The van der Waals surface area contributed by atoms with E-state index in [1.807, 2.05) is 0 Å². The molecule has 2 heterocycles. The SMILES string of the molecule is O=C1N[C@H]2[C@@H]1N(C(=O)O)C[C@@H]2O. The lowest BCUT2D eigenvalue weighted by molar-refractivity contribution is -0.134. The number of aliphatic hydroxyl groups is 1. The second-order valence-electron chi connectivity index (χ2n) is 2.98. The normalized spacial score (nSPS) is 38.6. The van der Waals surface area contributed by atoms with Crippen LogP contribution in [0.1, 0.15) is 0 Å². The molecular formula is C6H8N2O4. The standard InChI is InChI=1S/C6H8N2O4/c9-2-1-8(6(11)12)4-3(2)7-5(4)10/h2-4,9H,1H2,(H,7,10)(H,11,12)/t2-,3+,4-/m0/s1. The maximum atomic E-state index is 10.8. The highest BCUT2D eigenvalue weighted by molar-refractivity contribution is 5.93. The van der Waals surface area contributed by atoms with E-state index in [0.29, 0.717) is 0 Å². The number of carboxylic acid groups (broad SMARTS) is 1. The van der Waals surface area contributed by atoms with Crippen LogP contribution in [0.4, 0.5) is 4.79 Å². The fraction of sp³-hybridized carbons (Fsp3) is 0.667. The largest absolute Gasteiger partial charge is 0.465 e. The number of β-amino-alcohol motifs (C(OH)–C–C–N with tert-alkyl or cyclic N) is 1. The number of aliphatic hydroxyl groups excluding tert-OH is 1. The highest BCUT2D eigenvalue weighted by Gasteiger charge is 2.54. The van der Waals surface area contributed by atoms with Gasteiger partial charge in [0.1, 0.15) is 6.04 Å². The van der Waals surface area contributed by atoms with Crippen molar-refractivity contribution in [2.75, 3.05) is 6.54 Å². The molecule has 0 aromatic heterocycles. The molecule has 12 heavy (non-hydrogen) atoms. The second kappa shape index (κ2) is 2.10. The van der Waals surface area contributed by atoms with E-state index in [2.05, 4.69) is 5.32 Å². The molecule has 6 nitrogen and oxygen atoms in total. The number of β-lactam (4-membered cyclic amide) rings is 1. The summed E-state index contributed by atoms with van der Waals surface area (Å²) in [6.07, 6.45) is -1.92. The van der Waals surface area contributed by atoms with Crippen LogP contribution in [-0.4, -0.2) is 51.8 Å². The minimum Gasteiger partial charge on any atom is -0.465 e. The summed E-state index contributed by atoms with van der Waals surface area (Å²) in [5.74, 6) is -0.320. The van der Waals surface area contributed by atoms with Crippen LogP contribution in [0.2, 0.25) is 0 Å². The Hall–Kier alpha value is -1.30. The van der Waals surface area contributed by atoms with Crippen molar-refractivity contribution in [1.82, 2.24) is 10.2 Å². The molecule has 0 bridgehead atoms. The molecule has 3 atom stereocenters. The number of fused-ring (bicyclic) bond motifs is 1. The molecule has 0 aromatic carbocycles. The summed E-state index contributed by atoms with van der Waals surface area (Å²) in [5, 5.41) is 20.3. The zero-order valence-corrected chi connectivity index (χ0v) is 6.10. The lowest BCUT2D eigenvalue weighted by atomic mass is 9.99. The monoisotopic (exact) mass is 172 g/mol. The van der Waals surface area contributed by atoms with Gasteiger partial charge in [0.2, 0.25) is 5.91 Å². The van der Waals surface area contributed by atoms with Gasteiger partial charge < -0.3 is 15.5 Å². The van der Waals surface area contributed by atoms with E-state index >= 15 is 0 Å². The Kier molecular flexibility index (Phi) is 1.29. The predicted octanol–water partition coefficient (Wildman–Crippen LogP) is -1.79. The maximum Gasteiger partial charge on any atom is 0.408 e. The molecule has 2 aliphatic heterocycles. The number of hydrogen-bond donors (Lipinski definition) is 3. The van der Waals surface area contributed by atoms with Gasteiger partial charge in [-0.3, -0.25) is 9.69 Å². The first-order chi connectivity index (χ1) is 5.61. The fourth-order valence-electron chi connectivity index (χ4n) is 1.66. The van der Waals surface area contributed by atoms with E-state index in [0.717, 1.165) is 4.90 Å². The lowest BCUT2D eigenvalue weighted by Crippen LogP contribution is -2.66. The first kappa shape index (κ1) is 7.35. The van der Waals surface area contributed by atoms with E-state index in [4.69, 9.17) is 5.11 Å². The first-order valence-corrected chi connectivity index (χ1v) is 3.59. The average Bonchev–Trinajstić information content (AvgIpc) is 2.22. The van der Waals surface area contributed by atoms with Gasteiger partial charge in [0.05, 0.1) is 18.7 Å². The molecule has 0 saturated carbocycles. The Morgan fingerprint density at radius 3 is 2.75 bits per heavy atom. The summed E-state index contributed by atoms with van der Waals surface area (Å²) >= 11 is 0. The Morgan fingerprint density at radius 1 is 1.67 bits per heavy atom. The maximum absolute atomic E-state index is 10.8. The van der Waals surface area contributed by atoms with E-state index in [9.17, 15) is 14.7 Å². The van der Waals surface area contributed by atoms with Gasteiger partial charge in [0.25, 0.3) is 0 Å². The van der Waals surface area contributed by atoms with Crippen molar-refractivity contribution in [2.24, 2.45) is 0 Å². The number of hydrogen-bond acceptors (Lipinski definition) is 3. The number of amides is 2. The molecule has 0 aromatic rings. The van der Waals surface area contributed by atoms with Crippen molar-refractivity contribution in [3.8, 4) is 0 Å². The number of nitrogens with one attached hydrogen (secondary N) is 1. The van der Waals surface area contributed by atoms with Gasteiger partial charge in [-0.25, -0.2) is 4.79 Å². The molecule has 6 heteroatoms. The number of nitrogens with zero attached hydrogens (tertiary/aromatic N) is 1. The summed E-state index contributed by atoms with van der Waals surface area (Å²) in [6, 6.07) is -1.06. The fourth-order valence-corrected chi connectivity index (χ4v) is 1.66. The van der Waals surface area contributed by atoms with Crippen LogP contribution in [0, 0.1) is 0 Å². The van der Waals surface area contributed by atoms with Gasteiger partial charge in [-0.2, -0.15) is 0 Å². The topological polar surface area (TPSA) is 89.9 Å². The Bertz CT molecular complexity index is 246. The van der Waals surface area contributed by atoms with E-state index in [1.165, 1.54) is 0 Å². The van der Waals surface area contributed by atoms with Crippen molar-refractivity contribution in [2.45, 2.75) is 18.2 Å². The van der Waals surface area contributed by atoms with Crippen LogP contribution in [0.5, 0.6) is 0 Å². The van der Waals surface area contributed by atoms with Crippen LogP contribution in [0.25, 0.3) is 0 Å². The van der Waals surface area contributed by atoms with Crippen molar-refractivity contribution in [3.63, 3.8) is 0 Å². The van der Waals surface area contributed by atoms with Crippen molar-refractivity contribution >= 4 is 12.0 Å². The highest BCUT2D eigenvalue weighted by Crippen LogP contribution is 2.25. The van der Waals surface area contributed by atoms with Crippen LogP contribution < -0.4 is 5.32 Å². The zero-order valence-electron chi connectivity index (χ0n) is 6.10. The molecule has 66 valence electrons. The van der Waals surface area contributed by atoms with Crippen molar-refractivity contribution in [1.29, 1.82) is 0 Å². The smallest absolute Gasteiger partial charge is 0.408 e. The summed E-state index contributed by atoms with van der Waals surface area (Å²) in [4.78, 5) is 22.3. The number of carbonyl (C=O) groups is 2. The third-order valence-electron chi connectivity index (χ3n) is 2.30. The minimum atomic E-state index is -1.16. The first-order valence-electron chi connectivity index (χ1n) is 3.59. The number of rotatable bonds is 0. The Morgan fingerprint density at radius 2 is 2.33 bits per heavy atom. The second-order valence-corrected chi connectivity index (χ2v) is 2.98. The summed E-state index contributed by atoms with van der Waals surface area (Å²) in [5.41, 5.74) is 0. The third-order valence-corrected chi connectivity index (χ3v) is 2.30. The molecule has 0 unspecified atom stereocenters. The molecule has 0 aliphatic carbocycles. The summed E-state index contributed by atoms with van der Waals surface area (Å²) < 4.78 is 0. The van der Waals surface area contributed by atoms with Crippen LogP contribution >= 0.6 is 0 Å². The Balaban J connectivity index is 2.18. The number of carbonyl (C=O) groups excluding carboxylic acids is 1. The van der Waals surface area contributed by atoms with Crippen molar-refractivity contribution < 1.29 is 19.8 Å². The minimum absolute atomic E-state index is 0.0173. The quantitative estimate of drug-likeness (QED) is 0.376. The van der Waals surface area contributed by atoms with Gasteiger partial charge in [-0.05, 0) is 0 Å². The van der Waals surface area contributed by atoms with E-state index < -0.39 is 24.3 Å². The number of likely N-dealkylation sites (tertiary alicyclic amines) is 1. The van der Waals surface area contributed by atoms with Gasteiger partial charge in [-0.1, -0.05) is 0 Å². The molecule has 2 saturated heterocycles. The van der Waals surface area contributed by atoms with Crippen LogP contribution in [-0.2, 0) is 4.79 Å². The molecule has 2 amide bonds. The van der Waals surface area contributed by atoms with Crippen LogP contribution in [0.3, 0.4) is 0 Å². The van der Waals surface area contributed by atoms with Gasteiger partial charge in [-0.15, -0.1) is 0 Å². The average molecular weight is 172 g/mol. The molecule has 2 fully saturated rings. The van der Waals surface area contributed by atoms with E-state index in [-0.39, 0.29) is 12.5 Å². The summed E-state index contributed by atoms with van der Waals surface area (Å²) in [7, 11) is 0. The molecular weight excluding hydrogens is 164 g/mol. The summed E-state index contributed by atoms with van der Waals surface area (Å²) in [6.45, 7) is 0.0173. The predicted molar refractivity (Wildman–Crippen MR) is 36.5 cm³/mol. The highest BCUT2D eigenvalue weighted by atomic mass is 16.4. The van der Waals surface area contributed by atoms with Gasteiger partial charge >= 0.3 is 6.09 Å². The lowest BCUT2D eigenvalue weighted by Gasteiger charge is -2.34. The van der Waals surface area contributed by atoms with Crippen molar-refractivity contribution in [3.05, 3.63) is 0 Å². The van der Waals surface area contributed by atoms with Gasteiger partial charge in [0, 0.05) is 0 Å². The molecule has 2 rings (SSSR count). The zero-order chi connectivity index (χ0) is 8.88. The third kappa shape index (κ3) is 0.724.